The molecule has 0 unspecified atom stereocenters. The minimum atomic E-state index is -4.46. The van der Waals surface area contributed by atoms with Crippen molar-refractivity contribution in [1.82, 2.24) is 9.97 Å². The summed E-state index contributed by atoms with van der Waals surface area (Å²) in [7, 11) is 0. The maximum Gasteiger partial charge on any atom is 0.416 e. The van der Waals surface area contributed by atoms with Gasteiger partial charge >= 0.3 is 6.18 Å². The van der Waals surface area contributed by atoms with Crippen LogP contribution in [0.5, 0.6) is 0 Å². The summed E-state index contributed by atoms with van der Waals surface area (Å²) in [6, 6.07) is 14.0. The van der Waals surface area contributed by atoms with Crippen molar-refractivity contribution in [3.8, 4) is 0 Å². The monoisotopic (exact) mass is 455 g/mol. The number of anilines is 4. The van der Waals surface area contributed by atoms with Crippen molar-refractivity contribution >= 4 is 29.0 Å². The second kappa shape index (κ2) is 9.89. The quantitative estimate of drug-likeness (QED) is 0.421. The highest BCUT2D eigenvalue weighted by Crippen LogP contribution is 2.30. The Morgan fingerprint density at radius 3 is 2.48 bits per heavy atom. The molecule has 0 aliphatic heterocycles. The molecular weight excluding hydrogens is 431 g/mol. The molecule has 3 N–H and O–H groups in total. The van der Waals surface area contributed by atoms with Crippen molar-refractivity contribution in [3.05, 3.63) is 71.9 Å². The third-order valence-corrected chi connectivity index (χ3v) is 5.41. The number of benzene rings is 2. The van der Waals surface area contributed by atoms with Gasteiger partial charge in [-0.1, -0.05) is 31.0 Å². The largest absolute Gasteiger partial charge is 0.416 e. The van der Waals surface area contributed by atoms with E-state index in [0.29, 0.717) is 12.0 Å². The van der Waals surface area contributed by atoms with E-state index in [0.717, 1.165) is 42.0 Å². The summed E-state index contributed by atoms with van der Waals surface area (Å²) in [5, 5.41) is 9.08. The molecule has 33 heavy (non-hydrogen) atoms. The molecular formula is C24H24F3N5O. The van der Waals surface area contributed by atoms with E-state index < -0.39 is 17.6 Å². The molecule has 0 spiro atoms. The van der Waals surface area contributed by atoms with Gasteiger partial charge in [0.1, 0.15) is 5.82 Å². The molecule has 0 radical (unpaired) electrons. The molecule has 2 aromatic carbocycles. The van der Waals surface area contributed by atoms with Gasteiger partial charge in [-0.25, -0.2) is 4.98 Å². The van der Waals surface area contributed by atoms with Crippen LogP contribution >= 0.6 is 0 Å². The van der Waals surface area contributed by atoms with E-state index in [2.05, 4.69) is 25.9 Å². The number of carbonyl (C=O) groups excluding carboxylic acids is 1. The van der Waals surface area contributed by atoms with Gasteiger partial charge in [-0.3, -0.25) is 4.79 Å². The first kappa shape index (κ1) is 22.6. The Morgan fingerprint density at radius 2 is 1.76 bits per heavy atom. The average molecular weight is 455 g/mol. The number of rotatable bonds is 7. The highest BCUT2D eigenvalue weighted by atomic mass is 19.4. The topological polar surface area (TPSA) is 78.9 Å². The molecule has 1 aliphatic carbocycles. The summed E-state index contributed by atoms with van der Waals surface area (Å²) in [5.41, 5.74) is 0.787. The Bertz CT molecular complexity index is 1100. The number of hydrogen-bond acceptors (Lipinski definition) is 5. The van der Waals surface area contributed by atoms with Crippen LogP contribution < -0.4 is 16.0 Å². The molecule has 1 aromatic heterocycles. The lowest BCUT2D eigenvalue weighted by molar-refractivity contribution is -0.137. The maximum atomic E-state index is 12.8. The second-order valence-corrected chi connectivity index (χ2v) is 8.02. The van der Waals surface area contributed by atoms with Crippen molar-refractivity contribution < 1.29 is 18.0 Å². The summed E-state index contributed by atoms with van der Waals surface area (Å²) in [5.74, 6) is 0.847. The second-order valence-electron chi connectivity index (χ2n) is 8.02. The van der Waals surface area contributed by atoms with Crippen molar-refractivity contribution in [1.29, 1.82) is 0 Å². The number of hydrogen-bond donors (Lipinski definition) is 3. The number of aromatic nitrogens is 2. The number of halogens is 3. The lowest BCUT2D eigenvalue weighted by Crippen LogP contribution is -2.16. The van der Waals surface area contributed by atoms with Gasteiger partial charge in [-0.15, -0.1) is 0 Å². The summed E-state index contributed by atoms with van der Waals surface area (Å²) in [6.07, 6.45) is 2.04. The molecule has 1 saturated carbocycles. The van der Waals surface area contributed by atoms with Crippen LogP contribution in [0.1, 0.15) is 36.8 Å². The smallest absolute Gasteiger partial charge is 0.367 e. The van der Waals surface area contributed by atoms with Crippen LogP contribution in [-0.4, -0.2) is 21.9 Å². The van der Waals surface area contributed by atoms with E-state index in [1.54, 1.807) is 30.5 Å². The van der Waals surface area contributed by atoms with E-state index >= 15 is 0 Å². The normalized spacial score (nSPS) is 14.2. The molecule has 1 aliphatic rings. The zero-order valence-electron chi connectivity index (χ0n) is 17.8. The van der Waals surface area contributed by atoms with Gasteiger partial charge in [0, 0.05) is 23.6 Å². The van der Waals surface area contributed by atoms with Crippen molar-refractivity contribution in [2.24, 2.45) is 0 Å². The fourth-order valence-electron chi connectivity index (χ4n) is 3.78. The SMILES string of the molecule is O=C(Cc1ccc(Nc2nccc(NC3CCCC3)n2)cc1)Nc1cccc(C(F)(F)F)c1. The number of carbonyl (C=O) groups is 1. The van der Waals surface area contributed by atoms with Gasteiger partial charge < -0.3 is 16.0 Å². The number of alkyl halides is 3. The molecule has 1 heterocycles. The number of amides is 1. The van der Waals surface area contributed by atoms with Crippen molar-refractivity contribution in [2.45, 2.75) is 44.3 Å². The van der Waals surface area contributed by atoms with Crippen LogP contribution in [0.4, 0.5) is 36.3 Å². The van der Waals surface area contributed by atoms with Gasteiger partial charge in [0.25, 0.3) is 0 Å². The molecule has 6 nitrogen and oxygen atoms in total. The Labute approximate surface area is 189 Å². The van der Waals surface area contributed by atoms with Gasteiger partial charge in [-0.05, 0) is 54.8 Å². The Morgan fingerprint density at radius 1 is 1.00 bits per heavy atom. The molecule has 0 atom stereocenters. The molecule has 4 rings (SSSR count). The first-order chi connectivity index (χ1) is 15.8. The van der Waals surface area contributed by atoms with E-state index in [4.69, 9.17) is 0 Å². The van der Waals surface area contributed by atoms with Crippen LogP contribution in [0.2, 0.25) is 0 Å². The minimum absolute atomic E-state index is 0.0355. The van der Waals surface area contributed by atoms with Gasteiger partial charge in [-0.2, -0.15) is 18.2 Å². The van der Waals surface area contributed by atoms with Gasteiger partial charge in [0.2, 0.25) is 11.9 Å². The zero-order chi connectivity index (χ0) is 23.3. The number of nitrogens with one attached hydrogen (secondary N) is 3. The fourth-order valence-corrected chi connectivity index (χ4v) is 3.78. The highest BCUT2D eigenvalue weighted by Gasteiger charge is 2.30. The molecule has 172 valence electrons. The molecule has 3 aromatic rings. The number of nitrogens with zero attached hydrogens (tertiary/aromatic N) is 2. The summed E-state index contributed by atoms with van der Waals surface area (Å²) in [6.45, 7) is 0. The van der Waals surface area contributed by atoms with Crippen LogP contribution in [-0.2, 0) is 17.4 Å². The fraction of sp³-hybridized carbons (Fsp3) is 0.292. The predicted molar refractivity (Wildman–Crippen MR) is 121 cm³/mol. The highest BCUT2D eigenvalue weighted by molar-refractivity contribution is 5.92. The third kappa shape index (κ3) is 6.44. The van der Waals surface area contributed by atoms with Crippen LogP contribution in [0.15, 0.2) is 60.8 Å². The van der Waals surface area contributed by atoms with E-state index in [1.807, 2.05) is 6.07 Å². The molecule has 0 saturated heterocycles. The summed E-state index contributed by atoms with van der Waals surface area (Å²) in [4.78, 5) is 21.0. The molecule has 1 amide bonds. The minimum Gasteiger partial charge on any atom is -0.367 e. The average Bonchev–Trinajstić information content (AvgIpc) is 3.28. The third-order valence-electron chi connectivity index (χ3n) is 5.41. The van der Waals surface area contributed by atoms with E-state index in [1.165, 1.54) is 25.0 Å². The lowest BCUT2D eigenvalue weighted by Gasteiger charge is -2.13. The first-order valence-electron chi connectivity index (χ1n) is 10.8. The van der Waals surface area contributed by atoms with E-state index in [9.17, 15) is 18.0 Å². The lowest BCUT2D eigenvalue weighted by atomic mass is 10.1. The van der Waals surface area contributed by atoms with Gasteiger partial charge in [0.15, 0.2) is 0 Å². The molecule has 1 fully saturated rings. The Kier molecular flexibility index (Phi) is 6.76. The Balaban J connectivity index is 1.32. The molecule has 0 bridgehead atoms. The zero-order valence-corrected chi connectivity index (χ0v) is 17.8. The van der Waals surface area contributed by atoms with Crippen LogP contribution in [0.25, 0.3) is 0 Å². The predicted octanol–water partition coefficient (Wildman–Crippen LogP) is 5.77. The molecule has 9 heteroatoms. The van der Waals surface area contributed by atoms with Crippen molar-refractivity contribution in [2.75, 3.05) is 16.0 Å². The van der Waals surface area contributed by atoms with E-state index in [-0.39, 0.29) is 12.1 Å². The van der Waals surface area contributed by atoms with Crippen molar-refractivity contribution in [3.63, 3.8) is 0 Å². The van der Waals surface area contributed by atoms with Gasteiger partial charge in [0.05, 0.1) is 12.0 Å². The summed E-state index contributed by atoms with van der Waals surface area (Å²) < 4.78 is 38.5. The summed E-state index contributed by atoms with van der Waals surface area (Å²) >= 11 is 0. The maximum absolute atomic E-state index is 12.8. The first-order valence-corrected chi connectivity index (χ1v) is 10.8. The van der Waals surface area contributed by atoms with Crippen LogP contribution in [0, 0.1) is 0 Å². The van der Waals surface area contributed by atoms with Crippen LogP contribution in [0.3, 0.4) is 0 Å². The standard InChI is InChI=1S/C24H24F3N5O/c25-24(26,27)17-4-3-7-20(15-17)30-22(33)14-16-8-10-19(11-9-16)31-23-28-13-12-21(32-23)29-18-5-1-2-6-18/h3-4,7-13,15,18H,1-2,5-6,14H2,(H,30,33)(H2,28,29,31,32). The Hall–Kier alpha value is -3.62.